The number of aromatic nitrogens is 2. The summed E-state index contributed by atoms with van der Waals surface area (Å²) in [6.45, 7) is 7.57. The second kappa shape index (κ2) is 7.54. The van der Waals surface area contributed by atoms with E-state index in [4.69, 9.17) is 0 Å². The Morgan fingerprint density at radius 3 is 2.72 bits per heavy atom. The van der Waals surface area contributed by atoms with Gasteiger partial charge in [-0.1, -0.05) is 27.2 Å². The smallest absolute Gasteiger partial charge is 0.157 e. The van der Waals surface area contributed by atoms with E-state index in [0.717, 1.165) is 48.3 Å². The molecule has 0 aromatic carbocycles. The highest BCUT2D eigenvalue weighted by atomic mass is 16.1. The Balaban J connectivity index is 1.30. The van der Waals surface area contributed by atoms with Crippen LogP contribution in [0.3, 0.4) is 0 Å². The van der Waals surface area contributed by atoms with Crippen LogP contribution in [0.4, 0.5) is 0 Å². The van der Waals surface area contributed by atoms with E-state index in [-0.39, 0.29) is 11.3 Å². The summed E-state index contributed by atoms with van der Waals surface area (Å²) in [4.78, 5) is 13.3. The van der Waals surface area contributed by atoms with Gasteiger partial charge in [0.05, 0.1) is 12.7 Å². The van der Waals surface area contributed by atoms with Crippen LogP contribution in [0.15, 0.2) is 12.4 Å². The van der Waals surface area contributed by atoms with E-state index in [1.54, 1.807) is 0 Å². The van der Waals surface area contributed by atoms with Crippen LogP contribution in [-0.2, 0) is 17.8 Å². The summed E-state index contributed by atoms with van der Waals surface area (Å²) in [5, 5.41) is 4.44. The highest BCUT2D eigenvalue weighted by Crippen LogP contribution is 2.64. The first-order valence-corrected chi connectivity index (χ1v) is 12.5. The predicted molar refractivity (Wildman–Crippen MR) is 116 cm³/mol. The van der Waals surface area contributed by atoms with Crippen LogP contribution in [0.2, 0.25) is 0 Å². The number of nitrogens with zero attached hydrogens (tertiary/aromatic N) is 2. The summed E-state index contributed by atoms with van der Waals surface area (Å²) in [6.07, 6.45) is 17.4. The Kier molecular flexibility index (Phi) is 5.15. The summed E-state index contributed by atoms with van der Waals surface area (Å²) in [5.41, 5.74) is 1.47. The predicted octanol–water partition coefficient (Wildman–Crippen LogP) is 5.92. The molecule has 1 heterocycles. The zero-order valence-electron chi connectivity index (χ0n) is 18.8. The molecule has 0 saturated heterocycles. The van der Waals surface area contributed by atoms with Gasteiger partial charge in [0.1, 0.15) is 0 Å². The number of carbonyl (C=O) groups is 1. The van der Waals surface area contributed by atoms with Crippen molar-refractivity contribution in [3.05, 3.63) is 18.0 Å². The molecule has 160 valence electrons. The maximum absolute atomic E-state index is 13.3. The van der Waals surface area contributed by atoms with Gasteiger partial charge in [-0.3, -0.25) is 9.48 Å². The Bertz CT molecular complexity index is 754. The van der Waals surface area contributed by atoms with Gasteiger partial charge in [0.2, 0.25) is 0 Å². The fraction of sp³-hybridized carbons (Fsp3) is 0.846. The lowest BCUT2D eigenvalue weighted by Gasteiger charge is -2.56. The summed E-state index contributed by atoms with van der Waals surface area (Å²) >= 11 is 0. The minimum Gasteiger partial charge on any atom is -0.297 e. The van der Waals surface area contributed by atoms with Gasteiger partial charge < -0.3 is 0 Å². The maximum atomic E-state index is 13.3. The first kappa shape index (κ1) is 19.8. The van der Waals surface area contributed by atoms with E-state index in [1.165, 1.54) is 56.9 Å². The van der Waals surface area contributed by atoms with Crippen LogP contribution < -0.4 is 0 Å². The molecule has 4 aliphatic rings. The van der Waals surface area contributed by atoms with E-state index in [0.29, 0.717) is 12.3 Å². The minimum atomic E-state index is 0.244. The molecule has 8 unspecified atom stereocenters. The molecule has 4 aliphatic carbocycles. The van der Waals surface area contributed by atoms with E-state index in [2.05, 4.69) is 32.1 Å². The van der Waals surface area contributed by atoms with Crippen LogP contribution in [0, 0.1) is 46.8 Å². The lowest BCUT2D eigenvalue weighted by atomic mass is 9.49. The zero-order chi connectivity index (χ0) is 20.2. The van der Waals surface area contributed by atoms with Crippen molar-refractivity contribution in [1.82, 2.24) is 9.78 Å². The Morgan fingerprint density at radius 2 is 1.93 bits per heavy atom. The highest BCUT2D eigenvalue weighted by molar-refractivity contribution is 5.82. The highest BCUT2D eigenvalue weighted by Gasteiger charge is 2.58. The number of rotatable bonds is 4. The molecule has 0 spiro atoms. The number of aryl methyl sites for hydroxylation is 1. The van der Waals surface area contributed by atoms with Crippen molar-refractivity contribution < 1.29 is 4.79 Å². The van der Waals surface area contributed by atoms with Crippen molar-refractivity contribution in [3.8, 4) is 0 Å². The van der Waals surface area contributed by atoms with Gasteiger partial charge in [0, 0.05) is 12.1 Å². The molecule has 0 bridgehead atoms. The first-order chi connectivity index (χ1) is 14.0. The van der Waals surface area contributed by atoms with Crippen molar-refractivity contribution in [1.29, 1.82) is 0 Å². The van der Waals surface area contributed by atoms with Gasteiger partial charge >= 0.3 is 0 Å². The van der Waals surface area contributed by atoms with Gasteiger partial charge in [-0.25, -0.2) is 0 Å². The molecular formula is C26H40N2O. The van der Waals surface area contributed by atoms with Crippen LogP contribution >= 0.6 is 0 Å². The summed E-state index contributed by atoms with van der Waals surface area (Å²) in [6, 6.07) is 0. The largest absolute Gasteiger partial charge is 0.297 e. The van der Waals surface area contributed by atoms with E-state index >= 15 is 0 Å². The van der Waals surface area contributed by atoms with Gasteiger partial charge in [-0.15, -0.1) is 0 Å². The first-order valence-electron chi connectivity index (χ1n) is 12.5. The van der Waals surface area contributed by atoms with Gasteiger partial charge in [0.25, 0.3) is 0 Å². The average molecular weight is 397 g/mol. The van der Waals surface area contributed by atoms with Crippen LogP contribution in [-0.4, -0.2) is 15.6 Å². The van der Waals surface area contributed by atoms with Crippen LogP contribution in [0.1, 0.15) is 84.1 Å². The number of ketones is 1. The Morgan fingerprint density at radius 1 is 1.10 bits per heavy atom. The molecule has 3 heteroatoms. The van der Waals surface area contributed by atoms with E-state index in [9.17, 15) is 4.79 Å². The number of carbonyl (C=O) groups excluding carboxylic acids is 1. The SMILES string of the molecule is CCc1cnn(CC(=O)C2CCC3C4CCC5CC(C)CCC5C4CCC23C)c1. The maximum Gasteiger partial charge on any atom is 0.157 e. The second-order valence-corrected chi connectivity index (χ2v) is 11.4. The van der Waals surface area contributed by atoms with Gasteiger partial charge in [0.15, 0.2) is 5.78 Å². The van der Waals surface area contributed by atoms with Crippen molar-refractivity contribution in [2.75, 3.05) is 0 Å². The molecule has 4 fully saturated rings. The van der Waals surface area contributed by atoms with Crippen molar-refractivity contribution >= 4 is 5.78 Å². The monoisotopic (exact) mass is 396 g/mol. The fourth-order valence-electron chi connectivity index (χ4n) is 8.56. The second-order valence-electron chi connectivity index (χ2n) is 11.4. The third-order valence-corrected chi connectivity index (χ3v) is 10.0. The van der Waals surface area contributed by atoms with Crippen molar-refractivity contribution in [3.63, 3.8) is 0 Å². The third kappa shape index (κ3) is 3.31. The molecule has 0 aliphatic heterocycles. The molecular weight excluding hydrogens is 356 g/mol. The minimum absolute atomic E-state index is 0.244. The molecule has 0 amide bonds. The molecule has 1 aromatic heterocycles. The molecule has 4 saturated carbocycles. The molecule has 0 N–H and O–H groups in total. The average Bonchev–Trinajstić information content (AvgIpc) is 3.30. The molecule has 0 radical (unpaired) electrons. The number of fused-ring (bicyclic) bond motifs is 5. The standard InChI is InChI=1S/C26H40N2O/c1-4-18-14-27-28(15-18)16-25(29)24-10-9-23-22-8-6-19-13-17(2)5-7-20(19)21(22)11-12-26(23,24)3/h14-15,17,19-24H,4-13,16H2,1-3H3. The number of hydrogen-bond acceptors (Lipinski definition) is 2. The summed E-state index contributed by atoms with van der Waals surface area (Å²) in [5.74, 6) is 6.32. The Labute approximate surface area is 177 Å². The topological polar surface area (TPSA) is 34.9 Å². The van der Waals surface area contributed by atoms with Crippen molar-refractivity contribution in [2.45, 2.75) is 91.5 Å². The lowest BCUT2D eigenvalue weighted by Crippen LogP contribution is -2.49. The normalized spacial score (nSPS) is 44.0. The lowest BCUT2D eigenvalue weighted by molar-refractivity contribution is -0.131. The molecule has 29 heavy (non-hydrogen) atoms. The van der Waals surface area contributed by atoms with Crippen LogP contribution in [0.25, 0.3) is 0 Å². The van der Waals surface area contributed by atoms with Crippen LogP contribution in [0.5, 0.6) is 0 Å². The van der Waals surface area contributed by atoms with Crippen molar-refractivity contribution in [2.24, 2.45) is 46.8 Å². The number of Topliss-reactive ketones (excluding diaryl/α,β-unsaturated/α-hetero) is 1. The van der Waals surface area contributed by atoms with E-state index < -0.39 is 0 Å². The Hall–Kier alpha value is -1.12. The summed E-state index contributed by atoms with van der Waals surface area (Å²) in [7, 11) is 0. The van der Waals surface area contributed by atoms with Gasteiger partial charge in [-0.2, -0.15) is 5.10 Å². The fourth-order valence-corrected chi connectivity index (χ4v) is 8.56. The summed E-state index contributed by atoms with van der Waals surface area (Å²) < 4.78 is 1.89. The number of hydrogen-bond donors (Lipinski definition) is 0. The zero-order valence-corrected chi connectivity index (χ0v) is 18.8. The van der Waals surface area contributed by atoms with Gasteiger partial charge in [-0.05, 0) is 104 Å². The third-order valence-electron chi connectivity index (χ3n) is 10.0. The molecule has 8 atom stereocenters. The molecule has 1 aromatic rings. The molecule has 5 rings (SSSR count). The molecule has 3 nitrogen and oxygen atoms in total. The quantitative estimate of drug-likeness (QED) is 0.633. The van der Waals surface area contributed by atoms with E-state index in [1.807, 2.05) is 10.9 Å².